The van der Waals surface area contributed by atoms with Gasteiger partial charge in [-0.25, -0.2) is 18.7 Å². The van der Waals surface area contributed by atoms with Gasteiger partial charge in [0.1, 0.15) is 23.1 Å². The predicted octanol–water partition coefficient (Wildman–Crippen LogP) is 5.50. The molecule has 2 bridgehead atoms. The number of fused-ring (bicyclic) bond motifs is 4. The molecule has 5 aromatic rings. The summed E-state index contributed by atoms with van der Waals surface area (Å²) in [6.45, 7) is 5.10. The second-order valence-electron chi connectivity index (χ2n) is 11.1. The van der Waals surface area contributed by atoms with E-state index in [1.54, 1.807) is 24.1 Å². The quantitative estimate of drug-likeness (QED) is 0.278. The van der Waals surface area contributed by atoms with Crippen LogP contribution < -0.4 is 15.0 Å². The van der Waals surface area contributed by atoms with E-state index >= 15 is 4.39 Å². The lowest BCUT2D eigenvalue weighted by Crippen LogP contribution is -2.51. The lowest BCUT2D eigenvalue weighted by molar-refractivity contribution is 0.458. The first kappa shape index (κ1) is 26.2. The molecule has 8 nitrogen and oxygen atoms in total. The fourth-order valence-electron chi connectivity index (χ4n) is 6.35. The topological polar surface area (TPSA) is 88.3 Å². The molecule has 2 fully saturated rings. The highest BCUT2D eigenvalue weighted by Gasteiger charge is 2.35. The number of ether oxygens (including phenoxy) is 1. The van der Waals surface area contributed by atoms with Crippen LogP contribution in [0, 0.1) is 37.8 Å². The number of hydrogen-bond donors (Lipinski definition) is 2. The van der Waals surface area contributed by atoms with E-state index in [9.17, 15) is 9.50 Å². The summed E-state index contributed by atoms with van der Waals surface area (Å²) in [5.41, 5.74) is 1.28. The van der Waals surface area contributed by atoms with Crippen molar-refractivity contribution in [2.75, 3.05) is 18.0 Å². The Morgan fingerprint density at radius 3 is 2.52 bits per heavy atom. The normalized spacial score (nSPS) is 18.1. The summed E-state index contributed by atoms with van der Waals surface area (Å²) in [5.74, 6) is 2.13. The van der Waals surface area contributed by atoms with Gasteiger partial charge in [-0.3, -0.25) is 4.68 Å². The van der Waals surface area contributed by atoms with Gasteiger partial charge in [0.05, 0.1) is 23.3 Å². The summed E-state index contributed by atoms with van der Waals surface area (Å²) in [4.78, 5) is 11.9. The van der Waals surface area contributed by atoms with Gasteiger partial charge < -0.3 is 20.1 Å². The van der Waals surface area contributed by atoms with Gasteiger partial charge >= 0.3 is 0 Å². The van der Waals surface area contributed by atoms with E-state index < -0.39 is 11.6 Å². The number of benzene rings is 2. The van der Waals surface area contributed by atoms with E-state index in [0.29, 0.717) is 51.1 Å². The van der Waals surface area contributed by atoms with E-state index in [-0.39, 0.29) is 33.8 Å². The standard InChI is InChI=1S/C32H28F2N6O2/c1-5-23-25(33)9-6-18-10-21(41)11-24(27(18)23)30-29(34)26-16(2)17(3)36-31(40-13-19-7-8-20(14-40)37-19)28(26)32(38-30)42-22-12-35-39(4)15-22/h1,6,9-12,15,19-20,37,41H,7-8,13-14H2,2-4H3. The Kier molecular flexibility index (Phi) is 6.02. The Labute approximate surface area is 241 Å². The van der Waals surface area contributed by atoms with Gasteiger partial charge in [0.2, 0.25) is 5.88 Å². The zero-order valence-electron chi connectivity index (χ0n) is 23.4. The van der Waals surface area contributed by atoms with E-state index in [2.05, 4.69) is 21.2 Å². The minimum absolute atomic E-state index is 0.0434. The number of aromatic hydroxyl groups is 1. The molecular formula is C32H28F2N6O2. The number of nitrogens with one attached hydrogen (secondary N) is 1. The lowest BCUT2D eigenvalue weighted by Gasteiger charge is -2.35. The molecule has 2 N–H and O–H groups in total. The van der Waals surface area contributed by atoms with Crippen molar-refractivity contribution in [1.82, 2.24) is 25.1 Å². The van der Waals surface area contributed by atoms with Crippen LogP contribution in [0.2, 0.25) is 0 Å². The Morgan fingerprint density at radius 2 is 1.83 bits per heavy atom. The third-order valence-electron chi connectivity index (χ3n) is 8.38. The van der Waals surface area contributed by atoms with Crippen LogP contribution >= 0.6 is 0 Å². The largest absolute Gasteiger partial charge is 0.508 e. The Bertz CT molecular complexity index is 1950. The molecule has 3 aromatic heterocycles. The highest BCUT2D eigenvalue weighted by atomic mass is 19.1. The third-order valence-corrected chi connectivity index (χ3v) is 8.38. The van der Waals surface area contributed by atoms with Crippen LogP contribution in [-0.2, 0) is 7.05 Å². The molecule has 42 heavy (non-hydrogen) atoms. The minimum atomic E-state index is -0.634. The summed E-state index contributed by atoms with van der Waals surface area (Å²) in [5, 5.41) is 19.9. The molecule has 2 unspecified atom stereocenters. The van der Waals surface area contributed by atoms with Crippen molar-refractivity contribution in [3.8, 4) is 41.0 Å². The first-order valence-corrected chi connectivity index (χ1v) is 13.8. The number of aryl methyl sites for hydroxylation is 3. The molecule has 5 heterocycles. The van der Waals surface area contributed by atoms with Crippen molar-refractivity contribution in [3.63, 3.8) is 0 Å². The number of phenolic OH excluding ortho intramolecular Hbond substituents is 1. The highest BCUT2D eigenvalue weighted by Crippen LogP contribution is 2.44. The fourth-order valence-corrected chi connectivity index (χ4v) is 6.35. The average molecular weight is 567 g/mol. The summed E-state index contributed by atoms with van der Waals surface area (Å²) < 4.78 is 39.8. The summed E-state index contributed by atoms with van der Waals surface area (Å²) in [7, 11) is 1.76. The van der Waals surface area contributed by atoms with E-state index in [0.717, 1.165) is 25.9 Å². The van der Waals surface area contributed by atoms with E-state index in [4.69, 9.17) is 21.1 Å². The van der Waals surface area contributed by atoms with Crippen LogP contribution in [0.25, 0.3) is 32.8 Å². The number of terminal acetylenes is 1. The summed E-state index contributed by atoms with van der Waals surface area (Å²) in [6, 6.07) is 6.17. The maximum atomic E-state index is 17.0. The second kappa shape index (κ2) is 9.67. The molecule has 2 atom stereocenters. The van der Waals surface area contributed by atoms with Crippen molar-refractivity contribution in [2.45, 2.75) is 38.8 Å². The number of nitrogens with zero attached hydrogens (tertiary/aromatic N) is 5. The smallest absolute Gasteiger partial charge is 0.231 e. The molecule has 2 aromatic carbocycles. The molecule has 2 aliphatic heterocycles. The van der Waals surface area contributed by atoms with Crippen LogP contribution in [0.4, 0.5) is 14.6 Å². The molecule has 0 spiro atoms. The molecule has 2 aliphatic rings. The number of phenols is 1. The Hall–Kier alpha value is -4.75. The number of anilines is 1. The van der Waals surface area contributed by atoms with Crippen LogP contribution in [0.5, 0.6) is 17.4 Å². The van der Waals surface area contributed by atoms with E-state index in [1.807, 2.05) is 13.8 Å². The van der Waals surface area contributed by atoms with Crippen molar-refractivity contribution >= 4 is 27.4 Å². The molecule has 0 amide bonds. The number of halogens is 2. The molecule has 2 saturated heterocycles. The van der Waals surface area contributed by atoms with Crippen LogP contribution in [-0.4, -0.2) is 50.0 Å². The molecular weight excluding hydrogens is 538 g/mol. The van der Waals surface area contributed by atoms with Gasteiger partial charge in [-0.15, -0.1) is 6.42 Å². The van der Waals surface area contributed by atoms with Crippen LogP contribution in [0.15, 0.2) is 36.7 Å². The monoisotopic (exact) mass is 566 g/mol. The van der Waals surface area contributed by atoms with Crippen LogP contribution in [0.3, 0.4) is 0 Å². The van der Waals surface area contributed by atoms with Gasteiger partial charge in [0, 0.05) is 54.3 Å². The predicted molar refractivity (Wildman–Crippen MR) is 157 cm³/mol. The van der Waals surface area contributed by atoms with Crippen molar-refractivity contribution in [3.05, 3.63) is 65.1 Å². The lowest BCUT2D eigenvalue weighted by atomic mass is 9.94. The minimum Gasteiger partial charge on any atom is -0.508 e. The molecule has 212 valence electrons. The summed E-state index contributed by atoms with van der Waals surface area (Å²) in [6.07, 6.45) is 11.1. The molecule has 0 radical (unpaired) electrons. The van der Waals surface area contributed by atoms with Crippen molar-refractivity contribution in [2.24, 2.45) is 7.05 Å². The van der Waals surface area contributed by atoms with Gasteiger partial charge in [-0.05, 0) is 55.8 Å². The fraction of sp³-hybridized carbons (Fsp3) is 0.281. The van der Waals surface area contributed by atoms with Crippen LogP contribution in [0.1, 0.15) is 29.7 Å². The number of hydrogen-bond acceptors (Lipinski definition) is 7. The van der Waals surface area contributed by atoms with Gasteiger partial charge in [-0.2, -0.15) is 5.10 Å². The maximum Gasteiger partial charge on any atom is 0.231 e. The maximum absolute atomic E-state index is 17.0. The number of pyridine rings is 2. The van der Waals surface area contributed by atoms with E-state index in [1.165, 1.54) is 24.3 Å². The SMILES string of the molecule is C#Cc1c(F)ccc2cc(O)cc(-c3nc(Oc4cnn(C)c4)c4c(N5CC6CCC(C5)N6)nc(C)c(C)c4c3F)c12. The zero-order chi connectivity index (χ0) is 29.3. The summed E-state index contributed by atoms with van der Waals surface area (Å²) >= 11 is 0. The third kappa shape index (κ3) is 4.11. The number of aromatic nitrogens is 4. The number of rotatable bonds is 4. The van der Waals surface area contributed by atoms with Crippen molar-refractivity contribution in [1.29, 1.82) is 0 Å². The molecule has 10 heteroatoms. The van der Waals surface area contributed by atoms with Gasteiger partial charge in [-0.1, -0.05) is 12.0 Å². The first-order chi connectivity index (χ1) is 20.2. The second-order valence-corrected chi connectivity index (χ2v) is 11.1. The molecule has 7 rings (SSSR count). The highest BCUT2D eigenvalue weighted by molar-refractivity contribution is 6.05. The zero-order valence-corrected chi connectivity index (χ0v) is 23.4. The van der Waals surface area contributed by atoms with Crippen molar-refractivity contribution < 1.29 is 18.6 Å². The molecule has 0 aliphatic carbocycles. The van der Waals surface area contributed by atoms with Gasteiger partial charge in [0.15, 0.2) is 11.6 Å². The first-order valence-electron chi connectivity index (χ1n) is 13.8. The Balaban J connectivity index is 1.57. The molecule has 0 saturated carbocycles. The average Bonchev–Trinajstić information content (AvgIpc) is 3.54. The van der Waals surface area contributed by atoms with Gasteiger partial charge in [0.25, 0.3) is 0 Å². The number of piperazine rings is 1. The Morgan fingerprint density at radius 1 is 1.07 bits per heavy atom.